The first-order chi connectivity index (χ1) is 10.3. The Hall–Kier alpha value is -1.39. The number of hydrogen-bond donors (Lipinski definition) is 1. The van der Waals surface area contributed by atoms with E-state index in [0.717, 1.165) is 52.0 Å². The van der Waals surface area contributed by atoms with E-state index in [9.17, 15) is 4.79 Å². The minimum absolute atomic E-state index is 0.131. The molecule has 1 aliphatic heterocycles. The van der Waals surface area contributed by atoms with Gasteiger partial charge in [-0.15, -0.1) is 0 Å². The van der Waals surface area contributed by atoms with Crippen molar-refractivity contribution < 1.29 is 9.90 Å². The molecule has 1 saturated heterocycles. The highest BCUT2D eigenvalue weighted by Gasteiger charge is 2.31. The number of nitrogens with zero attached hydrogens (tertiary/aromatic N) is 2. The molecular weight excluding hydrogens is 264 g/mol. The molecular formula is C17H24N2O2. The number of rotatable bonds is 3. The summed E-state index contributed by atoms with van der Waals surface area (Å²) in [5, 5.41) is 9.04. The van der Waals surface area contributed by atoms with Crippen molar-refractivity contribution in [2.75, 3.05) is 39.3 Å². The Bertz CT molecular complexity index is 478. The summed E-state index contributed by atoms with van der Waals surface area (Å²) in [5.41, 5.74) is 2.68. The number of aliphatic hydroxyl groups excluding tert-OH is 1. The van der Waals surface area contributed by atoms with Crippen LogP contribution in [0.3, 0.4) is 0 Å². The van der Waals surface area contributed by atoms with Crippen molar-refractivity contribution in [2.45, 2.75) is 19.3 Å². The molecule has 1 aromatic rings. The van der Waals surface area contributed by atoms with Gasteiger partial charge in [-0.25, -0.2) is 0 Å². The smallest absolute Gasteiger partial charge is 0.226 e. The topological polar surface area (TPSA) is 43.8 Å². The lowest BCUT2D eigenvalue weighted by Gasteiger charge is -2.24. The summed E-state index contributed by atoms with van der Waals surface area (Å²) in [7, 11) is 0. The average molecular weight is 288 g/mol. The maximum atomic E-state index is 12.7. The van der Waals surface area contributed by atoms with Gasteiger partial charge < -0.3 is 10.0 Å². The summed E-state index contributed by atoms with van der Waals surface area (Å²) < 4.78 is 0. The summed E-state index contributed by atoms with van der Waals surface area (Å²) in [6, 6.07) is 8.41. The molecule has 4 nitrogen and oxygen atoms in total. The first-order valence-electron chi connectivity index (χ1n) is 7.96. The summed E-state index contributed by atoms with van der Waals surface area (Å²) >= 11 is 0. The van der Waals surface area contributed by atoms with E-state index in [1.54, 1.807) is 0 Å². The van der Waals surface area contributed by atoms with Crippen LogP contribution in [0.1, 0.15) is 17.5 Å². The van der Waals surface area contributed by atoms with Gasteiger partial charge >= 0.3 is 0 Å². The fraction of sp³-hybridized carbons (Fsp3) is 0.588. The lowest BCUT2D eigenvalue weighted by Crippen LogP contribution is -2.39. The second kappa shape index (κ2) is 6.58. The predicted molar refractivity (Wildman–Crippen MR) is 82.1 cm³/mol. The number of amides is 1. The molecule has 0 aromatic heterocycles. The van der Waals surface area contributed by atoms with E-state index < -0.39 is 0 Å². The lowest BCUT2D eigenvalue weighted by atomic mass is 10.0. The Labute approximate surface area is 126 Å². The van der Waals surface area contributed by atoms with Crippen LogP contribution in [-0.4, -0.2) is 60.1 Å². The van der Waals surface area contributed by atoms with Gasteiger partial charge in [0.05, 0.1) is 6.61 Å². The van der Waals surface area contributed by atoms with Crippen LogP contribution < -0.4 is 0 Å². The molecule has 1 fully saturated rings. The third-order valence-electron chi connectivity index (χ3n) is 4.72. The minimum Gasteiger partial charge on any atom is -0.395 e. The summed E-state index contributed by atoms with van der Waals surface area (Å²) in [4.78, 5) is 17.0. The van der Waals surface area contributed by atoms with Crippen LogP contribution in [0.4, 0.5) is 0 Å². The van der Waals surface area contributed by atoms with Gasteiger partial charge in [0, 0.05) is 32.1 Å². The highest BCUT2D eigenvalue weighted by atomic mass is 16.3. The van der Waals surface area contributed by atoms with Crippen molar-refractivity contribution in [3.05, 3.63) is 35.4 Å². The van der Waals surface area contributed by atoms with Crippen molar-refractivity contribution in [1.82, 2.24) is 9.80 Å². The van der Waals surface area contributed by atoms with Crippen molar-refractivity contribution in [3.8, 4) is 0 Å². The number of β-amino-alcohol motifs (C(OH)–C–C–N with tert-alkyl or cyclic N) is 1. The molecule has 0 saturated carbocycles. The van der Waals surface area contributed by atoms with Crippen LogP contribution in [0.25, 0.3) is 0 Å². The van der Waals surface area contributed by atoms with E-state index in [0.29, 0.717) is 5.91 Å². The molecule has 2 aliphatic rings. The van der Waals surface area contributed by atoms with E-state index in [4.69, 9.17) is 5.11 Å². The molecule has 114 valence electrons. The molecule has 0 unspecified atom stereocenters. The van der Waals surface area contributed by atoms with Gasteiger partial charge in [0.25, 0.3) is 0 Å². The molecule has 1 aliphatic carbocycles. The van der Waals surface area contributed by atoms with Crippen LogP contribution in [0.15, 0.2) is 24.3 Å². The molecule has 1 aromatic carbocycles. The molecule has 1 N–H and O–H groups in total. The summed E-state index contributed by atoms with van der Waals surface area (Å²) in [6.07, 6.45) is 2.79. The number of carbonyl (C=O) groups excluding carboxylic acids is 1. The Kier molecular flexibility index (Phi) is 4.56. The fourth-order valence-corrected chi connectivity index (χ4v) is 3.55. The van der Waals surface area contributed by atoms with Gasteiger partial charge in [-0.3, -0.25) is 9.69 Å². The Morgan fingerprint density at radius 2 is 1.81 bits per heavy atom. The second-order valence-corrected chi connectivity index (χ2v) is 6.12. The first kappa shape index (κ1) is 14.5. The molecule has 4 heteroatoms. The van der Waals surface area contributed by atoms with Crippen LogP contribution in [0.5, 0.6) is 0 Å². The van der Waals surface area contributed by atoms with Gasteiger partial charge in [-0.1, -0.05) is 24.3 Å². The molecule has 1 heterocycles. The van der Waals surface area contributed by atoms with Gasteiger partial charge in [-0.05, 0) is 36.9 Å². The Balaban J connectivity index is 1.59. The van der Waals surface area contributed by atoms with Crippen molar-refractivity contribution >= 4 is 5.91 Å². The van der Waals surface area contributed by atoms with Crippen LogP contribution in [0.2, 0.25) is 0 Å². The number of hydrogen-bond acceptors (Lipinski definition) is 3. The fourth-order valence-electron chi connectivity index (χ4n) is 3.55. The molecule has 3 rings (SSSR count). The average Bonchev–Trinajstić information content (AvgIpc) is 2.80. The largest absolute Gasteiger partial charge is 0.395 e. The normalized spacial score (nSPS) is 20.3. The highest BCUT2D eigenvalue weighted by Crippen LogP contribution is 2.28. The molecule has 21 heavy (non-hydrogen) atoms. The lowest BCUT2D eigenvalue weighted by molar-refractivity contribution is -0.135. The summed E-state index contributed by atoms with van der Waals surface area (Å²) in [6.45, 7) is 4.43. The zero-order valence-electron chi connectivity index (χ0n) is 12.5. The van der Waals surface area contributed by atoms with Crippen LogP contribution in [0, 0.1) is 5.92 Å². The SMILES string of the molecule is O=C(C1Cc2ccccc2C1)N1CCCN(CCO)CC1. The maximum absolute atomic E-state index is 12.7. The third-order valence-corrected chi connectivity index (χ3v) is 4.72. The van der Waals surface area contributed by atoms with Crippen molar-refractivity contribution in [3.63, 3.8) is 0 Å². The second-order valence-electron chi connectivity index (χ2n) is 6.12. The van der Waals surface area contributed by atoms with Crippen LogP contribution in [-0.2, 0) is 17.6 Å². The molecule has 1 amide bonds. The van der Waals surface area contributed by atoms with Gasteiger partial charge in [0.1, 0.15) is 0 Å². The third kappa shape index (κ3) is 3.27. The number of carbonyl (C=O) groups is 1. The van der Waals surface area contributed by atoms with Gasteiger partial charge in [-0.2, -0.15) is 0 Å². The quantitative estimate of drug-likeness (QED) is 0.900. The molecule has 0 bridgehead atoms. The van der Waals surface area contributed by atoms with Gasteiger partial charge in [0.2, 0.25) is 5.91 Å². The Morgan fingerprint density at radius 3 is 2.48 bits per heavy atom. The number of aliphatic hydroxyl groups is 1. The van der Waals surface area contributed by atoms with Crippen molar-refractivity contribution in [1.29, 1.82) is 0 Å². The predicted octanol–water partition coefficient (Wildman–Crippen LogP) is 0.928. The molecule has 0 radical (unpaired) electrons. The maximum Gasteiger partial charge on any atom is 0.226 e. The van der Waals surface area contributed by atoms with E-state index in [1.165, 1.54) is 11.1 Å². The monoisotopic (exact) mass is 288 g/mol. The first-order valence-corrected chi connectivity index (χ1v) is 7.96. The van der Waals surface area contributed by atoms with Crippen LogP contribution >= 0.6 is 0 Å². The molecule has 0 atom stereocenters. The number of fused-ring (bicyclic) bond motifs is 1. The van der Waals surface area contributed by atoms with E-state index >= 15 is 0 Å². The number of benzene rings is 1. The zero-order chi connectivity index (χ0) is 14.7. The van der Waals surface area contributed by atoms with Crippen molar-refractivity contribution in [2.24, 2.45) is 5.92 Å². The highest BCUT2D eigenvalue weighted by molar-refractivity contribution is 5.80. The Morgan fingerprint density at radius 1 is 1.10 bits per heavy atom. The van der Waals surface area contributed by atoms with Gasteiger partial charge in [0.15, 0.2) is 0 Å². The zero-order valence-corrected chi connectivity index (χ0v) is 12.5. The van der Waals surface area contributed by atoms with E-state index in [-0.39, 0.29) is 12.5 Å². The van der Waals surface area contributed by atoms with E-state index in [2.05, 4.69) is 29.2 Å². The summed E-state index contributed by atoms with van der Waals surface area (Å²) in [5.74, 6) is 0.448. The standard InChI is InChI=1S/C17H24N2O2/c20-11-10-18-6-3-7-19(9-8-18)17(21)16-12-14-4-1-2-5-15(14)13-16/h1-2,4-5,16,20H,3,6-13H2. The molecule has 0 spiro atoms. The minimum atomic E-state index is 0.131. The van der Waals surface area contributed by atoms with E-state index in [1.807, 2.05) is 4.90 Å².